The molecular weight excluding hydrogens is 249 g/mol. The molecule has 1 aliphatic carbocycles. The first-order valence-electron chi connectivity index (χ1n) is 6.73. The van der Waals surface area contributed by atoms with Gasteiger partial charge in [-0.3, -0.25) is 0 Å². The van der Waals surface area contributed by atoms with Gasteiger partial charge in [-0.15, -0.1) is 0 Å². The summed E-state index contributed by atoms with van der Waals surface area (Å²) in [4.78, 5) is 0. The molecule has 1 fully saturated rings. The Morgan fingerprint density at radius 2 is 2.06 bits per heavy atom. The second-order valence-corrected chi connectivity index (χ2v) is 6.01. The molecule has 1 N–H and O–H groups in total. The summed E-state index contributed by atoms with van der Waals surface area (Å²) in [5, 5.41) is 4.14. The summed E-state index contributed by atoms with van der Waals surface area (Å²) in [6, 6.07) is 5.54. The maximum absolute atomic E-state index is 13.6. The largest absolute Gasteiger partial charge is 0.314 e. The standard InChI is InChI=1S/C15H21ClFN/c1-10(11(2)9-18-14-4-5-14)7-12-8-13(16)3-6-15(12)17/h3,6,8,10-11,14,18H,4-5,7,9H2,1-2H3. The van der Waals surface area contributed by atoms with Crippen molar-refractivity contribution in [2.45, 2.75) is 39.2 Å². The minimum atomic E-state index is -0.145. The molecule has 0 spiro atoms. The van der Waals surface area contributed by atoms with E-state index in [0.717, 1.165) is 24.6 Å². The molecule has 1 saturated carbocycles. The maximum atomic E-state index is 13.6. The summed E-state index contributed by atoms with van der Waals surface area (Å²) in [5.74, 6) is 0.849. The van der Waals surface area contributed by atoms with Crippen molar-refractivity contribution in [3.8, 4) is 0 Å². The third-order valence-electron chi connectivity index (χ3n) is 3.83. The molecule has 1 aromatic rings. The second-order valence-electron chi connectivity index (χ2n) is 5.58. The Morgan fingerprint density at radius 1 is 1.33 bits per heavy atom. The molecule has 0 bridgehead atoms. The van der Waals surface area contributed by atoms with Crippen molar-refractivity contribution >= 4 is 11.6 Å². The van der Waals surface area contributed by atoms with Gasteiger partial charge in [0.1, 0.15) is 5.82 Å². The van der Waals surface area contributed by atoms with Crippen LogP contribution in [-0.2, 0) is 6.42 Å². The third kappa shape index (κ3) is 3.96. The molecule has 18 heavy (non-hydrogen) atoms. The van der Waals surface area contributed by atoms with Crippen molar-refractivity contribution in [3.63, 3.8) is 0 Å². The molecule has 100 valence electrons. The zero-order valence-corrected chi connectivity index (χ0v) is 11.8. The highest BCUT2D eigenvalue weighted by Crippen LogP contribution is 2.23. The van der Waals surface area contributed by atoms with Crippen LogP contribution < -0.4 is 5.32 Å². The van der Waals surface area contributed by atoms with Crippen LogP contribution in [0.4, 0.5) is 4.39 Å². The van der Waals surface area contributed by atoms with E-state index in [4.69, 9.17) is 11.6 Å². The lowest BCUT2D eigenvalue weighted by molar-refractivity contribution is 0.360. The zero-order valence-electron chi connectivity index (χ0n) is 11.0. The van der Waals surface area contributed by atoms with Crippen LogP contribution in [0, 0.1) is 17.7 Å². The van der Waals surface area contributed by atoms with Crippen LogP contribution in [0.5, 0.6) is 0 Å². The van der Waals surface area contributed by atoms with Crippen LogP contribution in [0.3, 0.4) is 0 Å². The molecule has 0 amide bonds. The van der Waals surface area contributed by atoms with Crippen LogP contribution in [0.25, 0.3) is 0 Å². The number of nitrogens with one attached hydrogen (secondary N) is 1. The van der Waals surface area contributed by atoms with E-state index in [-0.39, 0.29) is 5.82 Å². The van der Waals surface area contributed by atoms with Crippen LogP contribution in [0.1, 0.15) is 32.3 Å². The Labute approximate surface area is 114 Å². The molecule has 1 nitrogen and oxygen atoms in total. The summed E-state index contributed by atoms with van der Waals surface area (Å²) in [7, 11) is 0. The van der Waals surface area contributed by atoms with Gasteiger partial charge in [-0.25, -0.2) is 4.39 Å². The van der Waals surface area contributed by atoms with Crippen molar-refractivity contribution in [2.75, 3.05) is 6.54 Å². The fourth-order valence-corrected chi connectivity index (χ4v) is 2.28. The topological polar surface area (TPSA) is 12.0 Å². The van der Waals surface area contributed by atoms with Crippen LogP contribution >= 0.6 is 11.6 Å². The first-order chi connectivity index (χ1) is 8.56. The zero-order chi connectivity index (χ0) is 13.1. The lowest BCUT2D eigenvalue weighted by Gasteiger charge is -2.20. The first-order valence-corrected chi connectivity index (χ1v) is 7.11. The Kier molecular flexibility index (Phi) is 4.63. The molecule has 2 unspecified atom stereocenters. The van der Waals surface area contributed by atoms with E-state index in [1.54, 1.807) is 12.1 Å². The minimum absolute atomic E-state index is 0.145. The maximum Gasteiger partial charge on any atom is 0.126 e. The summed E-state index contributed by atoms with van der Waals surface area (Å²) >= 11 is 5.91. The van der Waals surface area contributed by atoms with E-state index in [2.05, 4.69) is 19.2 Å². The van der Waals surface area contributed by atoms with E-state index in [9.17, 15) is 4.39 Å². The molecule has 0 radical (unpaired) electrons. The molecule has 3 heteroatoms. The average molecular weight is 270 g/mol. The average Bonchev–Trinajstić information content (AvgIpc) is 3.14. The van der Waals surface area contributed by atoms with E-state index in [0.29, 0.717) is 16.9 Å². The molecule has 0 saturated heterocycles. The van der Waals surface area contributed by atoms with Gasteiger partial charge in [0.15, 0.2) is 0 Å². The van der Waals surface area contributed by atoms with Crippen molar-refractivity contribution in [3.05, 3.63) is 34.6 Å². The molecule has 2 atom stereocenters. The highest BCUT2D eigenvalue weighted by molar-refractivity contribution is 6.30. The predicted molar refractivity (Wildman–Crippen MR) is 74.5 cm³/mol. The monoisotopic (exact) mass is 269 g/mol. The number of hydrogen-bond donors (Lipinski definition) is 1. The van der Waals surface area contributed by atoms with E-state index >= 15 is 0 Å². The second kappa shape index (κ2) is 6.03. The van der Waals surface area contributed by atoms with Gasteiger partial charge in [0.25, 0.3) is 0 Å². The van der Waals surface area contributed by atoms with Gasteiger partial charge in [0.2, 0.25) is 0 Å². The van der Waals surface area contributed by atoms with E-state index in [1.807, 2.05) is 0 Å². The molecular formula is C15H21ClFN. The van der Waals surface area contributed by atoms with Gasteiger partial charge >= 0.3 is 0 Å². The van der Waals surface area contributed by atoms with Crippen LogP contribution in [0.15, 0.2) is 18.2 Å². The lowest BCUT2D eigenvalue weighted by atomic mass is 9.89. The minimum Gasteiger partial charge on any atom is -0.314 e. The van der Waals surface area contributed by atoms with Gasteiger partial charge in [-0.05, 0) is 61.4 Å². The number of benzene rings is 1. The molecule has 0 heterocycles. The van der Waals surface area contributed by atoms with Gasteiger partial charge in [0.05, 0.1) is 0 Å². The van der Waals surface area contributed by atoms with Gasteiger partial charge in [-0.1, -0.05) is 25.4 Å². The van der Waals surface area contributed by atoms with Crippen molar-refractivity contribution < 1.29 is 4.39 Å². The molecule has 1 aromatic carbocycles. The Balaban J connectivity index is 1.88. The Bertz CT molecular complexity index is 403. The third-order valence-corrected chi connectivity index (χ3v) is 4.06. The Morgan fingerprint density at radius 3 is 2.72 bits per heavy atom. The van der Waals surface area contributed by atoms with Crippen molar-refractivity contribution in [1.82, 2.24) is 5.32 Å². The summed E-state index contributed by atoms with van der Waals surface area (Å²) in [5.41, 5.74) is 0.730. The number of rotatable bonds is 6. The molecule has 0 aliphatic heterocycles. The summed E-state index contributed by atoms with van der Waals surface area (Å²) < 4.78 is 13.6. The van der Waals surface area contributed by atoms with E-state index in [1.165, 1.54) is 18.9 Å². The SMILES string of the molecule is CC(CNC1CC1)C(C)Cc1cc(Cl)ccc1F. The molecule has 0 aromatic heterocycles. The molecule has 2 rings (SSSR count). The van der Waals surface area contributed by atoms with Crippen LogP contribution in [0.2, 0.25) is 5.02 Å². The van der Waals surface area contributed by atoms with Crippen molar-refractivity contribution in [1.29, 1.82) is 0 Å². The Hall–Kier alpha value is -0.600. The van der Waals surface area contributed by atoms with Gasteiger partial charge in [-0.2, -0.15) is 0 Å². The lowest BCUT2D eigenvalue weighted by Crippen LogP contribution is -2.27. The van der Waals surface area contributed by atoms with Gasteiger partial charge < -0.3 is 5.32 Å². The fraction of sp³-hybridized carbons (Fsp3) is 0.600. The van der Waals surface area contributed by atoms with Crippen LogP contribution in [-0.4, -0.2) is 12.6 Å². The van der Waals surface area contributed by atoms with Crippen molar-refractivity contribution in [2.24, 2.45) is 11.8 Å². The highest BCUT2D eigenvalue weighted by atomic mass is 35.5. The first kappa shape index (κ1) is 13.8. The fourth-order valence-electron chi connectivity index (χ4n) is 2.09. The molecule has 1 aliphatic rings. The predicted octanol–water partition coefficient (Wildman–Crippen LogP) is 4.05. The highest BCUT2D eigenvalue weighted by Gasteiger charge is 2.22. The summed E-state index contributed by atoms with van der Waals surface area (Å²) in [6.07, 6.45) is 3.37. The number of halogens is 2. The normalized spacial score (nSPS) is 18.7. The number of hydrogen-bond acceptors (Lipinski definition) is 1. The quantitative estimate of drug-likeness (QED) is 0.822. The smallest absolute Gasteiger partial charge is 0.126 e. The van der Waals surface area contributed by atoms with Gasteiger partial charge in [0, 0.05) is 11.1 Å². The summed E-state index contributed by atoms with van der Waals surface area (Å²) in [6.45, 7) is 5.43. The van der Waals surface area contributed by atoms with E-state index < -0.39 is 0 Å².